The minimum atomic E-state index is -0.914. The van der Waals surface area contributed by atoms with Crippen LogP contribution in [0.25, 0.3) is 0 Å². The summed E-state index contributed by atoms with van der Waals surface area (Å²) in [6, 6.07) is 0. The van der Waals surface area contributed by atoms with E-state index in [9.17, 15) is 9.18 Å². The first-order valence-corrected chi connectivity index (χ1v) is 4.47. The number of halogens is 1. The molecule has 2 unspecified atom stereocenters. The van der Waals surface area contributed by atoms with Gasteiger partial charge in [0.15, 0.2) is 0 Å². The molecular weight excluding hydrogens is 187 g/mol. The fourth-order valence-electron chi connectivity index (χ4n) is 1.16. The molecule has 1 heterocycles. The second-order valence-electron chi connectivity index (χ2n) is 3.32. The number of ether oxygens (including phenoxy) is 1. The lowest BCUT2D eigenvalue weighted by molar-refractivity contribution is -0.144. The van der Waals surface area contributed by atoms with Crippen LogP contribution >= 0.6 is 0 Å². The Labute approximate surface area is 81.9 Å². The number of carbonyl (C=O) groups is 1. The molecule has 3 nitrogen and oxygen atoms in total. The highest BCUT2D eigenvalue weighted by atomic mass is 19.1. The zero-order chi connectivity index (χ0) is 10.7. The van der Waals surface area contributed by atoms with Crippen molar-refractivity contribution in [3.05, 3.63) is 23.6 Å². The third kappa shape index (κ3) is 2.67. The van der Waals surface area contributed by atoms with Gasteiger partial charge in [0.05, 0.1) is 11.7 Å². The van der Waals surface area contributed by atoms with E-state index in [1.807, 2.05) is 0 Å². The Balaban J connectivity index is 2.83. The van der Waals surface area contributed by atoms with Crippen molar-refractivity contribution in [2.24, 2.45) is 0 Å². The standard InChI is InChI=1S/C10H13FO3/c1-6(12)5-9(11)8-4-3-7(2)14-10(8)13/h4-7,12H,3H2,1-2H3/b9-5-. The predicted octanol–water partition coefficient (Wildman–Crippen LogP) is 1.48. The number of carbonyl (C=O) groups excluding carboxylic acids is 1. The van der Waals surface area contributed by atoms with E-state index >= 15 is 0 Å². The first-order valence-electron chi connectivity index (χ1n) is 4.47. The molecule has 1 aliphatic heterocycles. The fourth-order valence-corrected chi connectivity index (χ4v) is 1.16. The van der Waals surface area contributed by atoms with Crippen LogP contribution in [-0.2, 0) is 9.53 Å². The number of rotatable bonds is 2. The molecule has 0 aromatic heterocycles. The summed E-state index contributed by atoms with van der Waals surface area (Å²) in [6.07, 6.45) is 1.85. The molecule has 4 heteroatoms. The van der Waals surface area contributed by atoms with Crippen molar-refractivity contribution in [3.63, 3.8) is 0 Å². The molecule has 0 aromatic rings. The van der Waals surface area contributed by atoms with E-state index < -0.39 is 17.9 Å². The summed E-state index contributed by atoms with van der Waals surface area (Å²) >= 11 is 0. The maximum absolute atomic E-state index is 13.2. The maximum atomic E-state index is 13.2. The SMILES string of the molecule is CC(O)/C=C(\F)C1=CCC(C)OC1=O. The Morgan fingerprint density at radius 1 is 1.86 bits per heavy atom. The quantitative estimate of drug-likeness (QED) is 0.687. The normalized spacial score (nSPS) is 25.4. The van der Waals surface area contributed by atoms with Crippen molar-refractivity contribution in [3.8, 4) is 0 Å². The molecule has 14 heavy (non-hydrogen) atoms. The van der Waals surface area contributed by atoms with Crippen molar-refractivity contribution in [2.45, 2.75) is 32.5 Å². The smallest absolute Gasteiger partial charge is 0.341 e. The highest BCUT2D eigenvalue weighted by Gasteiger charge is 2.23. The molecule has 0 radical (unpaired) electrons. The molecule has 0 fully saturated rings. The van der Waals surface area contributed by atoms with E-state index in [1.165, 1.54) is 13.0 Å². The molecule has 0 saturated carbocycles. The van der Waals surface area contributed by atoms with E-state index in [4.69, 9.17) is 9.84 Å². The monoisotopic (exact) mass is 200 g/mol. The highest BCUT2D eigenvalue weighted by molar-refractivity contribution is 5.93. The van der Waals surface area contributed by atoms with Crippen molar-refractivity contribution in [2.75, 3.05) is 0 Å². The Hall–Kier alpha value is -1.16. The number of hydrogen-bond donors (Lipinski definition) is 1. The lowest BCUT2D eigenvalue weighted by Gasteiger charge is -2.17. The topological polar surface area (TPSA) is 46.5 Å². The van der Waals surface area contributed by atoms with Gasteiger partial charge in [-0.25, -0.2) is 9.18 Å². The third-order valence-corrected chi connectivity index (χ3v) is 1.83. The Morgan fingerprint density at radius 2 is 2.50 bits per heavy atom. The Kier molecular flexibility index (Phi) is 3.41. The Morgan fingerprint density at radius 3 is 3.00 bits per heavy atom. The lowest BCUT2D eigenvalue weighted by Crippen LogP contribution is -2.21. The minimum Gasteiger partial charge on any atom is -0.459 e. The number of esters is 1. The number of hydrogen-bond acceptors (Lipinski definition) is 3. The molecule has 1 rings (SSSR count). The van der Waals surface area contributed by atoms with Gasteiger partial charge in [-0.05, 0) is 19.9 Å². The van der Waals surface area contributed by atoms with E-state index in [0.717, 1.165) is 6.08 Å². The van der Waals surface area contributed by atoms with Crippen LogP contribution in [0.15, 0.2) is 23.6 Å². The second-order valence-corrected chi connectivity index (χ2v) is 3.32. The van der Waals surface area contributed by atoms with Crippen molar-refractivity contribution >= 4 is 5.97 Å². The summed E-state index contributed by atoms with van der Waals surface area (Å²) in [6.45, 7) is 3.15. The molecule has 0 aromatic carbocycles. The number of aliphatic hydroxyl groups is 1. The average molecular weight is 200 g/mol. The zero-order valence-corrected chi connectivity index (χ0v) is 8.16. The molecule has 1 N–H and O–H groups in total. The zero-order valence-electron chi connectivity index (χ0n) is 8.16. The molecule has 0 spiro atoms. The Bertz CT molecular complexity index is 292. The second kappa shape index (κ2) is 4.37. The van der Waals surface area contributed by atoms with Gasteiger partial charge < -0.3 is 9.84 Å². The van der Waals surface area contributed by atoms with Gasteiger partial charge in [-0.15, -0.1) is 0 Å². The summed E-state index contributed by atoms with van der Waals surface area (Å²) in [4.78, 5) is 11.2. The predicted molar refractivity (Wildman–Crippen MR) is 49.1 cm³/mol. The molecule has 1 aliphatic rings. The third-order valence-electron chi connectivity index (χ3n) is 1.83. The van der Waals surface area contributed by atoms with Crippen LogP contribution in [0.4, 0.5) is 4.39 Å². The first-order chi connectivity index (χ1) is 6.50. The van der Waals surface area contributed by atoms with Crippen LogP contribution in [0.3, 0.4) is 0 Å². The van der Waals surface area contributed by atoms with E-state index in [2.05, 4.69) is 0 Å². The van der Waals surface area contributed by atoms with Crippen LogP contribution < -0.4 is 0 Å². The maximum Gasteiger partial charge on any atom is 0.341 e. The van der Waals surface area contributed by atoms with Gasteiger partial charge in [0.1, 0.15) is 11.9 Å². The lowest BCUT2D eigenvalue weighted by atomic mass is 10.1. The largest absolute Gasteiger partial charge is 0.459 e. The van der Waals surface area contributed by atoms with Crippen molar-refractivity contribution in [1.29, 1.82) is 0 Å². The van der Waals surface area contributed by atoms with E-state index in [0.29, 0.717) is 6.42 Å². The highest BCUT2D eigenvalue weighted by Crippen LogP contribution is 2.21. The van der Waals surface area contributed by atoms with Crippen LogP contribution in [0.5, 0.6) is 0 Å². The molecule has 0 bridgehead atoms. The average Bonchev–Trinajstić information content (AvgIpc) is 2.01. The summed E-state index contributed by atoms with van der Waals surface area (Å²) in [5.41, 5.74) is -0.0935. The van der Waals surface area contributed by atoms with Gasteiger partial charge in [-0.3, -0.25) is 0 Å². The number of aliphatic hydroxyl groups excluding tert-OH is 1. The van der Waals surface area contributed by atoms with Crippen LogP contribution in [0, 0.1) is 0 Å². The van der Waals surface area contributed by atoms with E-state index in [-0.39, 0.29) is 11.7 Å². The van der Waals surface area contributed by atoms with Crippen molar-refractivity contribution in [1.82, 2.24) is 0 Å². The molecule has 2 atom stereocenters. The first kappa shape index (κ1) is 10.9. The van der Waals surface area contributed by atoms with Crippen molar-refractivity contribution < 1.29 is 19.0 Å². The van der Waals surface area contributed by atoms with Crippen LogP contribution in [-0.4, -0.2) is 23.3 Å². The summed E-state index contributed by atoms with van der Waals surface area (Å²) in [5.74, 6) is -1.39. The molecule has 78 valence electrons. The van der Waals surface area contributed by atoms with Gasteiger partial charge in [0.2, 0.25) is 0 Å². The molecule has 0 aliphatic carbocycles. The summed E-state index contributed by atoms with van der Waals surface area (Å²) in [7, 11) is 0. The minimum absolute atomic E-state index is 0.0935. The van der Waals surface area contributed by atoms with Crippen LogP contribution in [0.1, 0.15) is 20.3 Å². The molecule has 0 amide bonds. The van der Waals surface area contributed by atoms with Gasteiger partial charge in [-0.2, -0.15) is 0 Å². The van der Waals surface area contributed by atoms with Gasteiger partial charge in [0.25, 0.3) is 0 Å². The van der Waals surface area contributed by atoms with Gasteiger partial charge >= 0.3 is 5.97 Å². The van der Waals surface area contributed by atoms with Gasteiger partial charge in [0, 0.05) is 6.42 Å². The van der Waals surface area contributed by atoms with Gasteiger partial charge in [-0.1, -0.05) is 6.08 Å². The van der Waals surface area contributed by atoms with Crippen LogP contribution in [0.2, 0.25) is 0 Å². The summed E-state index contributed by atoms with van der Waals surface area (Å²) in [5, 5.41) is 8.90. The molecular formula is C10H13FO3. The molecule has 0 saturated heterocycles. The fraction of sp³-hybridized carbons (Fsp3) is 0.500. The number of cyclic esters (lactones) is 1. The summed E-state index contributed by atoms with van der Waals surface area (Å²) < 4.78 is 18.1. The van der Waals surface area contributed by atoms with E-state index in [1.54, 1.807) is 6.92 Å².